The van der Waals surface area contributed by atoms with Crippen molar-refractivity contribution in [3.05, 3.63) is 86.7 Å². The molecule has 0 spiro atoms. The molecule has 172 valence electrons. The van der Waals surface area contributed by atoms with E-state index in [1.54, 1.807) is 13.1 Å². The second-order valence-corrected chi connectivity index (χ2v) is 8.71. The Bertz CT molecular complexity index is 1120. The maximum atomic E-state index is 12.5. The number of rotatable bonds is 8. The molecule has 3 rings (SSSR count). The first kappa shape index (κ1) is 24.5. The number of amides is 2. The summed E-state index contributed by atoms with van der Waals surface area (Å²) in [5, 5.41) is 6.88. The standard InChI is InChI=1S/C25H27IN4O3/c1-4-33-25(32)28-23(19-8-6-5-7-9-19)15-24(31)29-27-16-20-14-17(2)30(18(20)3)22-12-10-21(26)11-13-22/h5-14,16,23H,4,15H2,1-3H3,(H,28,32)(H,29,31)/b27-16-/t23-/m0/s1. The van der Waals surface area contributed by atoms with Crippen LogP contribution in [-0.2, 0) is 9.53 Å². The summed E-state index contributed by atoms with van der Waals surface area (Å²) >= 11 is 2.28. The fraction of sp³-hybridized carbons (Fsp3) is 0.240. The van der Waals surface area contributed by atoms with E-state index in [-0.39, 0.29) is 18.9 Å². The average molecular weight is 558 g/mol. The van der Waals surface area contributed by atoms with Gasteiger partial charge in [0.1, 0.15) is 0 Å². The van der Waals surface area contributed by atoms with Gasteiger partial charge in [0.25, 0.3) is 0 Å². The molecule has 0 bridgehead atoms. The lowest BCUT2D eigenvalue weighted by molar-refractivity contribution is -0.121. The largest absolute Gasteiger partial charge is 0.450 e. The summed E-state index contributed by atoms with van der Waals surface area (Å²) in [5.74, 6) is -0.316. The third-order valence-corrected chi connectivity index (χ3v) is 5.83. The molecule has 7 nitrogen and oxygen atoms in total. The molecule has 1 heterocycles. The van der Waals surface area contributed by atoms with E-state index < -0.39 is 12.1 Å². The summed E-state index contributed by atoms with van der Waals surface area (Å²) in [7, 11) is 0. The normalized spacial score (nSPS) is 11.9. The van der Waals surface area contributed by atoms with Crippen LogP contribution in [0.1, 0.15) is 41.9 Å². The van der Waals surface area contributed by atoms with Crippen LogP contribution in [0.3, 0.4) is 0 Å². The van der Waals surface area contributed by atoms with Gasteiger partial charge < -0.3 is 14.6 Å². The number of aromatic nitrogens is 1. The highest BCUT2D eigenvalue weighted by Gasteiger charge is 2.19. The van der Waals surface area contributed by atoms with Gasteiger partial charge in [-0.25, -0.2) is 10.2 Å². The summed E-state index contributed by atoms with van der Waals surface area (Å²) in [6, 6.07) is 19.1. The van der Waals surface area contributed by atoms with E-state index >= 15 is 0 Å². The summed E-state index contributed by atoms with van der Waals surface area (Å²) < 4.78 is 8.29. The minimum absolute atomic E-state index is 0.0296. The molecule has 0 saturated carbocycles. The zero-order valence-electron chi connectivity index (χ0n) is 18.8. The molecule has 1 atom stereocenters. The van der Waals surface area contributed by atoms with Gasteiger partial charge in [0.15, 0.2) is 0 Å². The third-order valence-electron chi connectivity index (χ3n) is 5.11. The van der Waals surface area contributed by atoms with E-state index in [1.807, 2.05) is 50.2 Å². The van der Waals surface area contributed by atoms with Crippen molar-refractivity contribution in [1.29, 1.82) is 0 Å². The second kappa shape index (κ2) is 11.6. The molecule has 0 fully saturated rings. The van der Waals surface area contributed by atoms with Crippen molar-refractivity contribution in [3.63, 3.8) is 0 Å². The monoisotopic (exact) mass is 558 g/mol. The van der Waals surface area contributed by atoms with Crippen molar-refractivity contribution >= 4 is 40.8 Å². The van der Waals surface area contributed by atoms with Crippen LogP contribution in [0.25, 0.3) is 5.69 Å². The Hall–Kier alpha value is -3.14. The van der Waals surface area contributed by atoms with Crippen molar-refractivity contribution in [2.45, 2.75) is 33.2 Å². The van der Waals surface area contributed by atoms with Crippen molar-refractivity contribution in [3.8, 4) is 5.69 Å². The van der Waals surface area contributed by atoms with Gasteiger partial charge in [0, 0.05) is 26.2 Å². The zero-order valence-corrected chi connectivity index (χ0v) is 21.0. The van der Waals surface area contributed by atoms with Crippen molar-refractivity contribution in [2.24, 2.45) is 5.10 Å². The van der Waals surface area contributed by atoms with Crippen molar-refractivity contribution < 1.29 is 14.3 Å². The summed E-state index contributed by atoms with van der Waals surface area (Å²) in [6.07, 6.45) is 1.10. The van der Waals surface area contributed by atoms with Crippen molar-refractivity contribution in [2.75, 3.05) is 6.61 Å². The number of halogens is 1. The van der Waals surface area contributed by atoms with Crippen LogP contribution in [-0.4, -0.2) is 29.4 Å². The molecule has 0 aliphatic rings. The highest BCUT2D eigenvalue weighted by molar-refractivity contribution is 14.1. The van der Waals surface area contributed by atoms with Gasteiger partial charge >= 0.3 is 6.09 Å². The number of carbonyl (C=O) groups excluding carboxylic acids is 2. The van der Waals surface area contributed by atoms with Crippen LogP contribution in [0.15, 0.2) is 65.8 Å². The fourth-order valence-corrected chi connectivity index (χ4v) is 3.92. The van der Waals surface area contributed by atoms with Crippen LogP contribution in [0.2, 0.25) is 0 Å². The molecule has 0 unspecified atom stereocenters. The Kier molecular flexibility index (Phi) is 8.65. The van der Waals surface area contributed by atoms with E-state index in [1.165, 1.54) is 3.57 Å². The number of nitrogens with zero attached hydrogens (tertiary/aromatic N) is 2. The van der Waals surface area contributed by atoms with Gasteiger partial charge in [0.2, 0.25) is 5.91 Å². The molecule has 0 radical (unpaired) electrons. The van der Waals surface area contributed by atoms with E-state index in [9.17, 15) is 9.59 Å². The molecular formula is C25H27IN4O3. The predicted octanol–water partition coefficient (Wildman–Crippen LogP) is 5.03. The summed E-state index contributed by atoms with van der Waals surface area (Å²) in [5.41, 5.74) is 7.46. The number of hydrogen-bond acceptors (Lipinski definition) is 4. The molecule has 33 heavy (non-hydrogen) atoms. The van der Waals surface area contributed by atoms with E-state index in [0.29, 0.717) is 0 Å². The zero-order chi connectivity index (χ0) is 23.8. The van der Waals surface area contributed by atoms with Crippen LogP contribution < -0.4 is 10.7 Å². The van der Waals surface area contributed by atoms with E-state index in [2.05, 4.69) is 67.3 Å². The number of hydrogen-bond donors (Lipinski definition) is 2. The summed E-state index contributed by atoms with van der Waals surface area (Å²) in [4.78, 5) is 24.5. The van der Waals surface area contributed by atoms with E-state index in [4.69, 9.17) is 4.74 Å². The predicted molar refractivity (Wildman–Crippen MR) is 138 cm³/mol. The number of hydrazone groups is 1. The quantitative estimate of drug-likeness (QED) is 0.231. The Morgan fingerprint density at radius 1 is 1.12 bits per heavy atom. The van der Waals surface area contributed by atoms with Gasteiger partial charge in [-0.2, -0.15) is 5.10 Å². The number of carbonyl (C=O) groups is 2. The number of aryl methyl sites for hydroxylation is 1. The lowest BCUT2D eigenvalue weighted by Gasteiger charge is -2.18. The summed E-state index contributed by atoms with van der Waals surface area (Å²) in [6.45, 7) is 6.04. The first-order valence-electron chi connectivity index (χ1n) is 10.6. The van der Waals surface area contributed by atoms with Crippen molar-refractivity contribution in [1.82, 2.24) is 15.3 Å². The number of benzene rings is 2. The molecule has 0 aliphatic carbocycles. The maximum absolute atomic E-state index is 12.5. The number of nitrogens with one attached hydrogen (secondary N) is 2. The molecule has 2 aromatic carbocycles. The fourth-order valence-electron chi connectivity index (χ4n) is 3.56. The highest BCUT2D eigenvalue weighted by atomic mass is 127. The molecule has 3 aromatic rings. The number of alkyl carbamates (subject to hydrolysis) is 1. The number of ether oxygens (including phenoxy) is 1. The minimum Gasteiger partial charge on any atom is -0.450 e. The molecule has 8 heteroatoms. The van der Waals surface area contributed by atoms with Gasteiger partial charge in [0.05, 0.1) is 25.3 Å². The molecule has 1 aromatic heterocycles. The molecule has 0 saturated heterocycles. The molecule has 2 amide bonds. The van der Waals surface area contributed by atoms with E-state index in [0.717, 1.165) is 28.2 Å². The minimum atomic E-state index is -0.564. The second-order valence-electron chi connectivity index (χ2n) is 7.46. The maximum Gasteiger partial charge on any atom is 0.407 e. The van der Waals surface area contributed by atoms with Crippen LogP contribution >= 0.6 is 22.6 Å². The highest BCUT2D eigenvalue weighted by Crippen LogP contribution is 2.21. The lowest BCUT2D eigenvalue weighted by atomic mass is 10.0. The first-order chi connectivity index (χ1) is 15.9. The smallest absolute Gasteiger partial charge is 0.407 e. The SMILES string of the molecule is CCOC(=O)N[C@@H](CC(=O)N/N=C\c1cc(C)n(-c2ccc(I)cc2)c1C)c1ccccc1. The Labute approximate surface area is 207 Å². The van der Waals surface area contributed by atoms with Gasteiger partial charge in [-0.3, -0.25) is 4.79 Å². The van der Waals surface area contributed by atoms with Crippen LogP contribution in [0.5, 0.6) is 0 Å². The topological polar surface area (TPSA) is 84.7 Å². The Morgan fingerprint density at radius 2 is 1.82 bits per heavy atom. The van der Waals surface area contributed by atoms with Crippen LogP contribution in [0, 0.1) is 17.4 Å². The Balaban J connectivity index is 1.68. The third kappa shape index (κ3) is 6.67. The first-order valence-corrected chi connectivity index (χ1v) is 11.7. The average Bonchev–Trinajstić information content (AvgIpc) is 3.08. The Morgan fingerprint density at radius 3 is 2.48 bits per heavy atom. The van der Waals surface area contributed by atoms with Gasteiger partial charge in [-0.15, -0.1) is 0 Å². The molecular weight excluding hydrogens is 531 g/mol. The lowest BCUT2D eigenvalue weighted by Crippen LogP contribution is -2.33. The van der Waals surface area contributed by atoms with Crippen LogP contribution in [0.4, 0.5) is 4.79 Å². The van der Waals surface area contributed by atoms with Gasteiger partial charge in [-0.1, -0.05) is 30.3 Å². The van der Waals surface area contributed by atoms with Gasteiger partial charge in [-0.05, 0) is 79.3 Å². The molecule has 0 aliphatic heterocycles. The molecule has 2 N–H and O–H groups in total.